The molecule has 0 rings (SSSR count). The smallest absolute Gasteiger partial charge is 0.305 e. The Morgan fingerprint density at radius 3 is 0.986 bits per heavy atom. The molecule has 6 heteroatoms. The van der Waals surface area contributed by atoms with E-state index in [0.29, 0.717) is 19.4 Å². The van der Waals surface area contributed by atoms with Gasteiger partial charge in [0.25, 0.3) is 0 Å². The van der Waals surface area contributed by atoms with Crippen LogP contribution in [-0.2, 0) is 14.3 Å². The number of esters is 1. The Hall–Kier alpha value is -1.66. The lowest BCUT2D eigenvalue weighted by molar-refractivity contribution is -0.143. The maximum Gasteiger partial charge on any atom is 0.305 e. The Labute approximate surface area is 450 Å². The summed E-state index contributed by atoms with van der Waals surface area (Å²) in [4.78, 5) is 24.5. The van der Waals surface area contributed by atoms with Crippen molar-refractivity contribution in [1.29, 1.82) is 0 Å². The highest BCUT2D eigenvalue weighted by atomic mass is 16.5. The van der Waals surface area contributed by atoms with Gasteiger partial charge in [0.05, 0.1) is 25.4 Å². The Balaban J connectivity index is 3.39. The second-order valence-electron chi connectivity index (χ2n) is 22.5. The number of aliphatic hydroxyl groups is 2. The molecule has 2 atom stereocenters. The summed E-state index contributed by atoms with van der Waals surface area (Å²) in [6.07, 6.45) is 76.6. The Kier molecular flexibility index (Phi) is 60.5. The quantitative estimate of drug-likeness (QED) is 0.0320. The number of carbonyl (C=O) groups is 2. The van der Waals surface area contributed by atoms with Gasteiger partial charge in [-0.1, -0.05) is 314 Å². The number of nitrogens with one attached hydrogen (secondary N) is 1. The number of ether oxygens (including phenoxy) is 1. The highest BCUT2D eigenvalue weighted by molar-refractivity contribution is 5.76. The number of amides is 1. The molecule has 426 valence electrons. The lowest BCUT2D eigenvalue weighted by Gasteiger charge is -2.20. The van der Waals surface area contributed by atoms with Crippen LogP contribution in [0.15, 0.2) is 24.3 Å². The molecule has 0 aromatic carbocycles. The topological polar surface area (TPSA) is 95.9 Å². The first kappa shape index (κ1) is 70.3. The van der Waals surface area contributed by atoms with Gasteiger partial charge >= 0.3 is 5.97 Å². The fourth-order valence-corrected chi connectivity index (χ4v) is 10.2. The SMILES string of the molecule is CCCCCCC/C=C\CCCCCCCC(=O)OCCCCCCCCCCCCCCCCCCCCCCCCCCC(=O)NC(CO)C(O)/C=C/CCCCCCCCCCCCCCCCC. The van der Waals surface area contributed by atoms with Crippen LogP contribution in [0.3, 0.4) is 0 Å². The van der Waals surface area contributed by atoms with Crippen LogP contribution >= 0.6 is 0 Å². The van der Waals surface area contributed by atoms with E-state index in [1.807, 2.05) is 6.08 Å². The van der Waals surface area contributed by atoms with Crippen molar-refractivity contribution in [3.05, 3.63) is 24.3 Å². The average molecular weight is 1010 g/mol. The van der Waals surface area contributed by atoms with Gasteiger partial charge in [0.2, 0.25) is 5.91 Å². The minimum Gasteiger partial charge on any atom is -0.466 e. The van der Waals surface area contributed by atoms with Gasteiger partial charge < -0.3 is 20.3 Å². The van der Waals surface area contributed by atoms with E-state index in [0.717, 1.165) is 44.9 Å². The van der Waals surface area contributed by atoms with Gasteiger partial charge in [0, 0.05) is 12.8 Å². The van der Waals surface area contributed by atoms with Crippen molar-refractivity contribution in [2.24, 2.45) is 0 Å². The van der Waals surface area contributed by atoms with Crippen molar-refractivity contribution in [1.82, 2.24) is 5.32 Å². The Bertz CT molecular complexity index is 1120. The third-order valence-electron chi connectivity index (χ3n) is 15.2. The number of unbranched alkanes of at least 4 members (excludes halogenated alkanes) is 48. The number of carbonyl (C=O) groups excluding carboxylic acids is 2. The Morgan fingerprint density at radius 2 is 0.653 bits per heavy atom. The molecule has 1 amide bonds. The summed E-state index contributed by atoms with van der Waals surface area (Å²) in [5, 5.41) is 23.2. The predicted molar refractivity (Wildman–Crippen MR) is 315 cm³/mol. The summed E-state index contributed by atoms with van der Waals surface area (Å²) >= 11 is 0. The van der Waals surface area contributed by atoms with Crippen LogP contribution in [0.4, 0.5) is 0 Å². The normalized spacial score (nSPS) is 12.7. The van der Waals surface area contributed by atoms with E-state index in [1.54, 1.807) is 6.08 Å². The number of allylic oxidation sites excluding steroid dienone is 3. The molecule has 0 saturated carbocycles. The van der Waals surface area contributed by atoms with Crippen LogP contribution in [0.5, 0.6) is 0 Å². The van der Waals surface area contributed by atoms with Crippen LogP contribution in [0.25, 0.3) is 0 Å². The highest BCUT2D eigenvalue weighted by Gasteiger charge is 2.18. The molecule has 0 spiro atoms. The first-order chi connectivity index (χ1) is 35.5. The molecule has 6 nitrogen and oxygen atoms in total. The van der Waals surface area contributed by atoms with E-state index in [1.165, 1.54) is 289 Å². The van der Waals surface area contributed by atoms with E-state index < -0.39 is 12.1 Å². The molecule has 0 aromatic rings. The number of hydrogen-bond donors (Lipinski definition) is 3. The zero-order valence-electron chi connectivity index (χ0n) is 48.7. The maximum absolute atomic E-state index is 12.5. The maximum atomic E-state index is 12.5. The summed E-state index contributed by atoms with van der Waals surface area (Å²) in [6, 6.07) is -0.627. The summed E-state index contributed by atoms with van der Waals surface area (Å²) < 4.78 is 5.48. The molecule has 0 aliphatic heterocycles. The number of aliphatic hydroxyl groups excluding tert-OH is 2. The van der Waals surface area contributed by atoms with Crippen LogP contribution in [0.1, 0.15) is 361 Å². The standard InChI is InChI=1S/C66H127NO5/c1-3-5-7-9-11-13-15-17-19-28-31-34-38-42-46-50-54-58-64(69)63(62-68)67-65(70)59-55-51-47-43-39-35-32-29-26-24-22-20-21-23-25-27-30-33-37-41-45-49-53-57-61-72-66(71)60-56-52-48-44-40-36-18-16-14-12-10-8-6-4-2/h16,18,54,58,63-64,68-69H,3-15,17,19-53,55-57,59-62H2,1-2H3,(H,67,70)/b18-16-,58-54+. The van der Waals surface area contributed by atoms with Gasteiger partial charge in [-0.05, 0) is 57.8 Å². The summed E-state index contributed by atoms with van der Waals surface area (Å²) in [7, 11) is 0. The van der Waals surface area contributed by atoms with Crippen molar-refractivity contribution in [3.8, 4) is 0 Å². The van der Waals surface area contributed by atoms with Crippen LogP contribution in [-0.4, -0.2) is 47.4 Å². The minimum atomic E-state index is -0.844. The Morgan fingerprint density at radius 1 is 0.375 bits per heavy atom. The largest absolute Gasteiger partial charge is 0.466 e. The second-order valence-corrected chi connectivity index (χ2v) is 22.5. The van der Waals surface area contributed by atoms with Gasteiger partial charge in [-0.3, -0.25) is 9.59 Å². The number of rotatable bonds is 61. The molecule has 0 aromatic heterocycles. The van der Waals surface area contributed by atoms with E-state index in [-0.39, 0.29) is 18.5 Å². The predicted octanol–water partition coefficient (Wildman–Crippen LogP) is 20.6. The lowest BCUT2D eigenvalue weighted by Crippen LogP contribution is -2.45. The molecule has 0 aliphatic rings. The molecule has 0 saturated heterocycles. The number of hydrogen-bond acceptors (Lipinski definition) is 5. The summed E-state index contributed by atoms with van der Waals surface area (Å²) in [6.45, 7) is 4.92. The molecule has 0 aliphatic carbocycles. The minimum absolute atomic E-state index is 0.00687. The van der Waals surface area contributed by atoms with E-state index in [9.17, 15) is 19.8 Å². The van der Waals surface area contributed by atoms with Crippen molar-refractivity contribution in [3.63, 3.8) is 0 Å². The van der Waals surface area contributed by atoms with Crippen molar-refractivity contribution in [2.45, 2.75) is 373 Å². The van der Waals surface area contributed by atoms with Gasteiger partial charge in [-0.2, -0.15) is 0 Å². The zero-order valence-corrected chi connectivity index (χ0v) is 48.7. The first-order valence-electron chi connectivity index (χ1n) is 32.6. The van der Waals surface area contributed by atoms with Crippen LogP contribution in [0, 0.1) is 0 Å². The fraction of sp³-hybridized carbons (Fsp3) is 0.909. The van der Waals surface area contributed by atoms with Gasteiger partial charge in [0.15, 0.2) is 0 Å². The fourth-order valence-electron chi connectivity index (χ4n) is 10.2. The van der Waals surface area contributed by atoms with Crippen molar-refractivity contribution in [2.75, 3.05) is 13.2 Å². The molecule has 3 N–H and O–H groups in total. The molecular formula is C66H127NO5. The van der Waals surface area contributed by atoms with E-state index in [4.69, 9.17) is 4.74 Å². The van der Waals surface area contributed by atoms with Crippen molar-refractivity contribution < 1.29 is 24.5 Å². The molecule has 2 unspecified atom stereocenters. The monoisotopic (exact) mass is 1010 g/mol. The van der Waals surface area contributed by atoms with Crippen LogP contribution in [0.2, 0.25) is 0 Å². The van der Waals surface area contributed by atoms with Gasteiger partial charge in [-0.25, -0.2) is 0 Å². The molecular weight excluding hydrogens is 887 g/mol. The van der Waals surface area contributed by atoms with E-state index >= 15 is 0 Å². The highest BCUT2D eigenvalue weighted by Crippen LogP contribution is 2.18. The summed E-state index contributed by atoms with van der Waals surface area (Å²) in [5.41, 5.74) is 0. The molecule has 72 heavy (non-hydrogen) atoms. The first-order valence-corrected chi connectivity index (χ1v) is 32.6. The molecule has 0 heterocycles. The third-order valence-corrected chi connectivity index (χ3v) is 15.2. The lowest BCUT2D eigenvalue weighted by atomic mass is 10.0. The summed E-state index contributed by atoms with van der Waals surface area (Å²) in [5.74, 6) is -0.0574. The van der Waals surface area contributed by atoms with E-state index in [2.05, 4.69) is 31.3 Å². The second kappa shape index (κ2) is 61.9. The van der Waals surface area contributed by atoms with Gasteiger partial charge in [-0.15, -0.1) is 0 Å². The van der Waals surface area contributed by atoms with Crippen LogP contribution < -0.4 is 5.32 Å². The third kappa shape index (κ3) is 57.6. The van der Waals surface area contributed by atoms with Crippen molar-refractivity contribution >= 4 is 11.9 Å². The molecule has 0 radical (unpaired) electrons. The average Bonchev–Trinajstić information content (AvgIpc) is 3.38. The zero-order chi connectivity index (χ0) is 52.2. The molecule has 0 fully saturated rings. The molecule has 0 bridgehead atoms. The van der Waals surface area contributed by atoms with Gasteiger partial charge in [0.1, 0.15) is 0 Å².